The zero-order valence-electron chi connectivity index (χ0n) is 10.8. The van der Waals surface area contributed by atoms with Crippen molar-refractivity contribution in [2.24, 2.45) is 0 Å². The number of nitrogens with zero attached hydrogens (tertiary/aromatic N) is 2. The molecule has 0 bridgehead atoms. The molecule has 0 fully saturated rings. The van der Waals surface area contributed by atoms with Gasteiger partial charge in [-0.25, -0.2) is 8.78 Å². The third-order valence-electron chi connectivity index (χ3n) is 3.23. The summed E-state index contributed by atoms with van der Waals surface area (Å²) in [7, 11) is 0. The van der Waals surface area contributed by atoms with E-state index in [1.54, 1.807) is 18.2 Å². The predicted octanol–water partition coefficient (Wildman–Crippen LogP) is 3.72. The molecule has 0 radical (unpaired) electrons. The highest BCUT2D eigenvalue weighted by molar-refractivity contribution is 5.50. The smallest absolute Gasteiger partial charge is 0.125 e. The van der Waals surface area contributed by atoms with E-state index in [0.717, 1.165) is 11.3 Å². The first-order valence-electron chi connectivity index (χ1n) is 6.40. The summed E-state index contributed by atoms with van der Waals surface area (Å²) in [5.41, 5.74) is 1.86. The topological polar surface area (TPSA) is 6.48 Å². The van der Waals surface area contributed by atoms with E-state index in [1.165, 1.54) is 24.3 Å². The average Bonchev–Trinajstić information content (AvgIpc) is 2.90. The standard InChI is InChI=1S/C16H14F2N2/c17-14-6-4-13(5-7-14)11-19-8-9-20(12-19)16-3-1-2-15(18)10-16/h1-10H,11-12H2. The highest BCUT2D eigenvalue weighted by atomic mass is 19.1. The monoisotopic (exact) mass is 272 g/mol. The van der Waals surface area contributed by atoms with E-state index in [2.05, 4.69) is 4.90 Å². The minimum atomic E-state index is -0.243. The normalized spacial score (nSPS) is 14.1. The number of rotatable bonds is 3. The maximum Gasteiger partial charge on any atom is 0.125 e. The molecule has 0 unspecified atom stereocenters. The van der Waals surface area contributed by atoms with Gasteiger partial charge in [-0.15, -0.1) is 0 Å². The summed E-state index contributed by atoms with van der Waals surface area (Å²) >= 11 is 0. The van der Waals surface area contributed by atoms with Crippen LogP contribution in [0.25, 0.3) is 0 Å². The van der Waals surface area contributed by atoms with Crippen LogP contribution in [0.2, 0.25) is 0 Å². The van der Waals surface area contributed by atoms with Crippen LogP contribution in [0.1, 0.15) is 5.56 Å². The lowest BCUT2D eigenvalue weighted by atomic mass is 10.2. The maximum absolute atomic E-state index is 13.2. The van der Waals surface area contributed by atoms with Crippen LogP contribution in [0, 0.1) is 11.6 Å². The Hall–Kier alpha value is -2.36. The number of anilines is 1. The van der Waals surface area contributed by atoms with Crippen molar-refractivity contribution in [3.05, 3.63) is 78.1 Å². The third-order valence-corrected chi connectivity index (χ3v) is 3.23. The van der Waals surface area contributed by atoms with Crippen LogP contribution in [0.3, 0.4) is 0 Å². The molecule has 0 aliphatic carbocycles. The van der Waals surface area contributed by atoms with Crippen molar-refractivity contribution in [2.45, 2.75) is 6.54 Å². The molecule has 2 aromatic carbocycles. The zero-order valence-corrected chi connectivity index (χ0v) is 10.8. The fourth-order valence-electron chi connectivity index (χ4n) is 2.21. The quantitative estimate of drug-likeness (QED) is 0.840. The van der Waals surface area contributed by atoms with E-state index in [-0.39, 0.29) is 11.6 Å². The van der Waals surface area contributed by atoms with Gasteiger partial charge in [-0.1, -0.05) is 18.2 Å². The Morgan fingerprint density at radius 3 is 2.45 bits per heavy atom. The van der Waals surface area contributed by atoms with Gasteiger partial charge in [-0.2, -0.15) is 0 Å². The van der Waals surface area contributed by atoms with Gasteiger partial charge < -0.3 is 9.80 Å². The lowest BCUT2D eigenvalue weighted by molar-refractivity contribution is 0.400. The first-order valence-corrected chi connectivity index (χ1v) is 6.40. The van der Waals surface area contributed by atoms with Gasteiger partial charge in [-0.05, 0) is 35.9 Å². The second-order valence-corrected chi connectivity index (χ2v) is 4.76. The number of benzene rings is 2. The highest BCUT2D eigenvalue weighted by Gasteiger charge is 2.14. The molecule has 1 aliphatic heterocycles. The summed E-state index contributed by atoms with van der Waals surface area (Å²) in [6.45, 7) is 1.35. The Kier molecular flexibility index (Phi) is 3.37. The van der Waals surface area contributed by atoms with Crippen LogP contribution in [0.15, 0.2) is 60.9 Å². The van der Waals surface area contributed by atoms with Crippen molar-refractivity contribution >= 4 is 5.69 Å². The molecule has 1 aliphatic rings. The van der Waals surface area contributed by atoms with Crippen LogP contribution in [-0.2, 0) is 6.54 Å². The SMILES string of the molecule is Fc1ccc(CN2C=CN(c3cccc(F)c3)C2)cc1. The maximum atomic E-state index is 13.2. The molecular formula is C16H14F2N2. The molecule has 102 valence electrons. The average molecular weight is 272 g/mol. The fourth-order valence-corrected chi connectivity index (χ4v) is 2.21. The molecule has 0 N–H and O–H groups in total. The van der Waals surface area contributed by atoms with Gasteiger partial charge in [0.05, 0.1) is 6.67 Å². The highest BCUT2D eigenvalue weighted by Crippen LogP contribution is 2.21. The van der Waals surface area contributed by atoms with Crippen LogP contribution in [0.5, 0.6) is 0 Å². The van der Waals surface area contributed by atoms with E-state index < -0.39 is 0 Å². The molecule has 0 spiro atoms. The summed E-state index contributed by atoms with van der Waals surface area (Å²) in [5, 5.41) is 0. The zero-order chi connectivity index (χ0) is 13.9. The molecular weight excluding hydrogens is 258 g/mol. The summed E-state index contributed by atoms with van der Waals surface area (Å²) in [6.07, 6.45) is 3.87. The first-order chi connectivity index (χ1) is 9.70. The van der Waals surface area contributed by atoms with E-state index in [1.807, 2.05) is 23.4 Å². The second-order valence-electron chi connectivity index (χ2n) is 4.76. The number of hydrogen-bond donors (Lipinski definition) is 0. The van der Waals surface area contributed by atoms with Crippen molar-refractivity contribution in [1.29, 1.82) is 0 Å². The molecule has 4 heteroatoms. The van der Waals surface area contributed by atoms with Crippen molar-refractivity contribution < 1.29 is 8.78 Å². The second kappa shape index (κ2) is 5.33. The Morgan fingerprint density at radius 1 is 0.900 bits per heavy atom. The van der Waals surface area contributed by atoms with Gasteiger partial charge in [0.2, 0.25) is 0 Å². The van der Waals surface area contributed by atoms with Crippen molar-refractivity contribution in [3.63, 3.8) is 0 Å². The molecule has 2 nitrogen and oxygen atoms in total. The van der Waals surface area contributed by atoms with Gasteiger partial charge in [0.25, 0.3) is 0 Å². The molecule has 20 heavy (non-hydrogen) atoms. The Labute approximate surface area is 116 Å². The molecule has 1 heterocycles. The summed E-state index contributed by atoms with van der Waals surface area (Å²) < 4.78 is 26.1. The first kappa shape index (κ1) is 12.7. The Morgan fingerprint density at radius 2 is 1.70 bits per heavy atom. The minimum absolute atomic E-state index is 0.230. The van der Waals surface area contributed by atoms with E-state index in [0.29, 0.717) is 13.2 Å². The lowest BCUT2D eigenvalue weighted by Gasteiger charge is -2.21. The van der Waals surface area contributed by atoms with Gasteiger partial charge in [0.1, 0.15) is 11.6 Å². The summed E-state index contributed by atoms with van der Waals surface area (Å²) in [4.78, 5) is 4.05. The molecule has 0 atom stereocenters. The van der Waals surface area contributed by atoms with Crippen molar-refractivity contribution in [1.82, 2.24) is 4.90 Å². The van der Waals surface area contributed by atoms with Crippen LogP contribution >= 0.6 is 0 Å². The molecule has 0 aromatic heterocycles. The predicted molar refractivity (Wildman–Crippen MR) is 74.8 cm³/mol. The van der Waals surface area contributed by atoms with Crippen LogP contribution in [-0.4, -0.2) is 11.6 Å². The molecule has 0 saturated heterocycles. The van der Waals surface area contributed by atoms with Gasteiger partial charge in [0, 0.05) is 24.6 Å². The van der Waals surface area contributed by atoms with Crippen molar-refractivity contribution in [2.75, 3.05) is 11.6 Å². The van der Waals surface area contributed by atoms with Crippen molar-refractivity contribution in [3.8, 4) is 0 Å². The van der Waals surface area contributed by atoms with Gasteiger partial charge in [-0.3, -0.25) is 0 Å². The fraction of sp³-hybridized carbons (Fsp3) is 0.125. The summed E-state index contributed by atoms with van der Waals surface area (Å²) in [5.74, 6) is -0.472. The molecule has 2 aromatic rings. The van der Waals surface area contributed by atoms with Crippen LogP contribution < -0.4 is 4.90 Å². The number of halogens is 2. The van der Waals surface area contributed by atoms with E-state index in [4.69, 9.17) is 0 Å². The van der Waals surface area contributed by atoms with Gasteiger partial charge >= 0.3 is 0 Å². The Balaban J connectivity index is 1.65. The van der Waals surface area contributed by atoms with E-state index >= 15 is 0 Å². The van der Waals surface area contributed by atoms with E-state index in [9.17, 15) is 8.78 Å². The molecule has 0 saturated carbocycles. The third kappa shape index (κ3) is 2.79. The minimum Gasteiger partial charge on any atom is -0.354 e. The Bertz CT molecular complexity index is 623. The summed E-state index contributed by atoms with van der Waals surface area (Å²) in [6, 6.07) is 13.0. The molecule has 0 amide bonds. The van der Waals surface area contributed by atoms with Gasteiger partial charge in [0.15, 0.2) is 0 Å². The largest absolute Gasteiger partial charge is 0.354 e. The lowest BCUT2D eigenvalue weighted by Crippen LogP contribution is -2.24. The molecule has 3 rings (SSSR count). The number of hydrogen-bond acceptors (Lipinski definition) is 2. The van der Waals surface area contributed by atoms with Crippen LogP contribution in [0.4, 0.5) is 14.5 Å².